The first kappa shape index (κ1) is 19.1. The topological polar surface area (TPSA) is 73.6 Å². The predicted octanol–water partition coefficient (Wildman–Crippen LogP) is 3.24. The van der Waals surface area contributed by atoms with Gasteiger partial charge in [-0.3, -0.25) is 0 Å². The van der Waals surface area contributed by atoms with Crippen LogP contribution < -0.4 is 15.8 Å². The van der Waals surface area contributed by atoms with Crippen LogP contribution in [0.1, 0.15) is 37.9 Å². The molecule has 0 aliphatic rings. The molecule has 0 aromatic heterocycles. The molecule has 0 heterocycles. The minimum atomic E-state index is -4.53. The zero-order valence-corrected chi connectivity index (χ0v) is 13.5. The second-order valence-electron chi connectivity index (χ2n) is 5.89. The van der Waals surface area contributed by atoms with Crippen LogP contribution in [-0.2, 0) is 10.9 Å². The van der Waals surface area contributed by atoms with Crippen LogP contribution in [0.15, 0.2) is 18.2 Å². The zero-order chi connectivity index (χ0) is 17.8. The number of alkyl halides is 3. The number of rotatable bonds is 4. The lowest BCUT2D eigenvalue weighted by atomic mass is 10.0. The minimum absolute atomic E-state index is 0.00619. The fraction of sp³-hybridized carbons (Fsp3) is 0.533. The first-order valence-corrected chi connectivity index (χ1v) is 6.92. The van der Waals surface area contributed by atoms with Crippen molar-refractivity contribution in [2.75, 3.05) is 13.7 Å². The van der Waals surface area contributed by atoms with E-state index in [1.54, 1.807) is 20.8 Å². The van der Waals surface area contributed by atoms with Crippen molar-refractivity contribution in [3.63, 3.8) is 0 Å². The number of benzene rings is 1. The number of amides is 1. The molecule has 23 heavy (non-hydrogen) atoms. The molecule has 0 fully saturated rings. The van der Waals surface area contributed by atoms with Crippen molar-refractivity contribution in [3.05, 3.63) is 29.3 Å². The Labute approximate surface area is 132 Å². The molecule has 8 heteroatoms. The Balaban J connectivity index is 3.01. The highest BCUT2D eigenvalue weighted by atomic mass is 19.4. The molecule has 1 atom stereocenters. The van der Waals surface area contributed by atoms with Crippen molar-refractivity contribution < 1.29 is 27.4 Å². The lowest BCUT2D eigenvalue weighted by molar-refractivity contribution is -0.138. The maximum absolute atomic E-state index is 12.9. The normalized spacial score (nSPS) is 13.4. The van der Waals surface area contributed by atoms with Gasteiger partial charge in [0.05, 0.1) is 18.7 Å². The number of halogens is 3. The Hall–Kier alpha value is -1.96. The van der Waals surface area contributed by atoms with Gasteiger partial charge in [0.15, 0.2) is 0 Å². The average Bonchev–Trinajstić information content (AvgIpc) is 2.41. The maximum Gasteiger partial charge on any atom is 0.419 e. The van der Waals surface area contributed by atoms with Crippen molar-refractivity contribution in [2.45, 2.75) is 38.6 Å². The molecule has 1 aromatic rings. The van der Waals surface area contributed by atoms with Crippen LogP contribution in [0, 0.1) is 0 Å². The van der Waals surface area contributed by atoms with Gasteiger partial charge in [-0.15, -0.1) is 0 Å². The number of hydrogen-bond donors (Lipinski definition) is 2. The summed E-state index contributed by atoms with van der Waals surface area (Å²) in [6.07, 6.45) is -5.23. The smallest absolute Gasteiger partial charge is 0.419 e. The monoisotopic (exact) mass is 334 g/mol. The summed E-state index contributed by atoms with van der Waals surface area (Å²) in [6.45, 7) is 5.09. The highest BCUT2D eigenvalue weighted by Crippen LogP contribution is 2.37. The summed E-state index contributed by atoms with van der Waals surface area (Å²) in [6, 6.07) is 2.66. The first-order chi connectivity index (χ1) is 10.5. The molecule has 1 amide bonds. The Morgan fingerprint density at radius 1 is 1.30 bits per heavy atom. The Morgan fingerprint density at radius 2 is 1.91 bits per heavy atom. The summed E-state index contributed by atoms with van der Waals surface area (Å²) in [7, 11) is 1.15. The maximum atomic E-state index is 12.9. The largest absolute Gasteiger partial charge is 0.496 e. The summed E-state index contributed by atoms with van der Waals surface area (Å²) in [5.41, 5.74) is 4.41. The van der Waals surface area contributed by atoms with Crippen molar-refractivity contribution >= 4 is 6.09 Å². The molecule has 0 spiro atoms. The first-order valence-electron chi connectivity index (χ1n) is 6.92. The minimum Gasteiger partial charge on any atom is -0.496 e. The van der Waals surface area contributed by atoms with Gasteiger partial charge in [-0.05, 0) is 38.5 Å². The van der Waals surface area contributed by atoms with E-state index < -0.39 is 29.5 Å². The summed E-state index contributed by atoms with van der Waals surface area (Å²) < 4.78 is 48.5. The molecule has 1 rings (SSSR count). The number of nitrogens with one attached hydrogen (secondary N) is 1. The second kappa shape index (κ2) is 7.08. The van der Waals surface area contributed by atoms with Crippen molar-refractivity contribution in [1.29, 1.82) is 0 Å². The molecule has 0 aliphatic carbocycles. The predicted molar refractivity (Wildman–Crippen MR) is 79.2 cm³/mol. The lowest BCUT2D eigenvalue weighted by Crippen LogP contribution is -2.37. The van der Waals surface area contributed by atoms with E-state index in [1.807, 2.05) is 0 Å². The molecule has 0 saturated heterocycles. The van der Waals surface area contributed by atoms with E-state index >= 15 is 0 Å². The third-order valence-electron chi connectivity index (χ3n) is 2.86. The van der Waals surface area contributed by atoms with Gasteiger partial charge in [0, 0.05) is 6.54 Å². The number of alkyl carbamates (subject to hydrolysis) is 1. The van der Waals surface area contributed by atoms with Gasteiger partial charge in [0.25, 0.3) is 0 Å². The molecule has 3 N–H and O–H groups in total. The van der Waals surface area contributed by atoms with Crippen LogP contribution in [0.4, 0.5) is 18.0 Å². The number of methoxy groups -OCH3 is 1. The van der Waals surface area contributed by atoms with Gasteiger partial charge in [0.1, 0.15) is 11.4 Å². The highest BCUT2D eigenvalue weighted by molar-refractivity contribution is 5.68. The Bertz CT molecular complexity index is 554. The van der Waals surface area contributed by atoms with Crippen molar-refractivity contribution in [3.8, 4) is 5.75 Å². The number of nitrogens with two attached hydrogens (primary N) is 1. The average molecular weight is 334 g/mol. The number of carbonyl (C=O) groups excluding carboxylic acids is 1. The van der Waals surface area contributed by atoms with E-state index in [9.17, 15) is 18.0 Å². The van der Waals surface area contributed by atoms with Gasteiger partial charge >= 0.3 is 12.3 Å². The summed E-state index contributed by atoms with van der Waals surface area (Å²) in [5.74, 6) is -0.334. The fourth-order valence-electron chi connectivity index (χ4n) is 1.89. The van der Waals surface area contributed by atoms with E-state index in [-0.39, 0.29) is 12.3 Å². The Morgan fingerprint density at radius 3 is 2.35 bits per heavy atom. The number of hydrogen-bond acceptors (Lipinski definition) is 4. The molecular weight excluding hydrogens is 313 g/mol. The zero-order valence-electron chi connectivity index (χ0n) is 13.5. The van der Waals surface area contributed by atoms with E-state index in [0.717, 1.165) is 13.2 Å². The SMILES string of the molecule is COc1cc(C(CN)NC(=O)OC(C)(C)C)ccc1C(F)(F)F. The molecule has 0 aliphatic heterocycles. The van der Waals surface area contributed by atoms with Gasteiger partial charge < -0.3 is 20.5 Å². The van der Waals surface area contributed by atoms with Gasteiger partial charge in [-0.25, -0.2) is 4.79 Å². The van der Waals surface area contributed by atoms with Crippen LogP contribution in [0.25, 0.3) is 0 Å². The molecule has 5 nitrogen and oxygen atoms in total. The summed E-state index contributed by atoms with van der Waals surface area (Å²) in [4.78, 5) is 11.8. The van der Waals surface area contributed by atoms with E-state index in [4.69, 9.17) is 15.2 Å². The van der Waals surface area contributed by atoms with Crippen LogP contribution in [0.2, 0.25) is 0 Å². The molecule has 1 aromatic carbocycles. The standard InChI is InChI=1S/C15H21F3N2O3/c1-14(2,3)23-13(21)20-11(8-19)9-5-6-10(15(16,17)18)12(7-9)22-4/h5-7,11H,8,19H2,1-4H3,(H,20,21). The number of carbonyl (C=O) groups is 1. The molecule has 0 bridgehead atoms. The van der Waals surface area contributed by atoms with Crippen LogP contribution >= 0.6 is 0 Å². The van der Waals surface area contributed by atoms with E-state index in [2.05, 4.69) is 5.32 Å². The number of ether oxygens (including phenoxy) is 2. The molecular formula is C15H21F3N2O3. The van der Waals surface area contributed by atoms with Crippen LogP contribution in [0.5, 0.6) is 5.75 Å². The lowest BCUT2D eigenvalue weighted by Gasteiger charge is -2.24. The third kappa shape index (κ3) is 5.63. The van der Waals surface area contributed by atoms with Crippen molar-refractivity contribution in [1.82, 2.24) is 5.32 Å². The molecule has 1 unspecified atom stereocenters. The van der Waals surface area contributed by atoms with Gasteiger partial charge in [-0.2, -0.15) is 13.2 Å². The van der Waals surface area contributed by atoms with E-state index in [0.29, 0.717) is 5.56 Å². The molecule has 0 radical (unpaired) electrons. The van der Waals surface area contributed by atoms with Crippen molar-refractivity contribution in [2.24, 2.45) is 5.73 Å². The second-order valence-corrected chi connectivity index (χ2v) is 5.89. The van der Waals surface area contributed by atoms with Gasteiger partial charge in [0.2, 0.25) is 0 Å². The van der Waals surface area contributed by atoms with Gasteiger partial charge in [-0.1, -0.05) is 6.07 Å². The van der Waals surface area contributed by atoms with Crippen LogP contribution in [0.3, 0.4) is 0 Å². The highest BCUT2D eigenvalue weighted by Gasteiger charge is 2.34. The quantitative estimate of drug-likeness (QED) is 0.886. The van der Waals surface area contributed by atoms with Crippen LogP contribution in [-0.4, -0.2) is 25.3 Å². The Kier molecular flexibility index (Phi) is 5.87. The third-order valence-corrected chi connectivity index (χ3v) is 2.86. The fourth-order valence-corrected chi connectivity index (χ4v) is 1.89. The molecule has 130 valence electrons. The summed E-state index contributed by atoms with van der Waals surface area (Å²) in [5, 5.41) is 2.53. The molecule has 0 saturated carbocycles. The summed E-state index contributed by atoms with van der Waals surface area (Å²) >= 11 is 0. The van der Waals surface area contributed by atoms with E-state index in [1.165, 1.54) is 12.1 Å².